The molecule has 0 atom stereocenters. The van der Waals surface area contributed by atoms with Gasteiger partial charge in [0, 0.05) is 22.6 Å². The predicted octanol–water partition coefficient (Wildman–Crippen LogP) is 4.17. The molecule has 0 bridgehead atoms. The fourth-order valence-electron chi connectivity index (χ4n) is 2.77. The van der Waals surface area contributed by atoms with Gasteiger partial charge in [-0.05, 0) is 63.5 Å². The minimum atomic E-state index is -0.245. The third-order valence-electron chi connectivity index (χ3n) is 4.20. The lowest BCUT2D eigenvalue weighted by Gasteiger charge is -2.20. The van der Waals surface area contributed by atoms with E-state index in [-0.39, 0.29) is 24.0 Å². The molecule has 0 saturated carbocycles. The van der Waals surface area contributed by atoms with Gasteiger partial charge in [0.1, 0.15) is 0 Å². The summed E-state index contributed by atoms with van der Waals surface area (Å²) < 4.78 is 5.27. The Morgan fingerprint density at radius 3 is 2.60 bits per heavy atom. The van der Waals surface area contributed by atoms with Crippen molar-refractivity contribution >= 4 is 45.6 Å². The zero-order valence-electron chi connectivity index (χ0n) is 16.8. The number of hydrogen-bond acceptors (Lipinski definition) is 6. The number of halogens is 1. The van der Waals surface area contributed by atoms with Gasteiger partial charge in [0.2, 0.25) is 5.91 Å². The van der Waals surface area contributed by atoms with Gasteiger partial charge in [0.25, 0.3) is 5.91 Å². The minimum Gasteiger partial charge on any atom is -0.459 e. The highest BCUT2D eigenvalue weighted by Gasteiger charge is 2.23. The smallest absolute Gasteiger partial charge is 0.295 e. The van der Waals surface area contributed by atoms with Crippen molar-refractivity contribution in [3.05, 3.63) is 64.5 Å². The van der Waals surface area contributed by atoms with Crippen LogP contribution in [0.3, 0.4) is 0 Å². The van der Waals surface area contributed by atoms with E-state index in [1.807, 2.05) is 14.1 Å². The zero-order chi connectivity index (χ0) is 21.5. The van der Waals surface area contributed by atoms with Gasteiger partial charge in [-0.15, -0.1) is 11.3 Å². The average Bonchev–Trinajstić information content (AvgIpc) is 3.39. The summed E-state index contributed by atoms with van der Waals surface area (Å²) in [6, 6.07) is 10.2. The summed E-state index contributed by atoms with van der Waals surface area (Å²) >= 11 is 7.20. The zero-order valence-corrected chi connectivity index (χ0v) is 18.4. The van der Waals surface area contributed by atoms with Crippen molar-refractivity contribution in [1.29, 1.82) is 0 Å². The average molecular weight is 447 g/mol. The maximum atomic E-state index is 12.9. The topological polar surface area (TPSA) is 78.7 Å². The Bertz CT molecular complexity index is 971. The number of benzene rings is 1. The third-order valence-corrected chi connectivity index (χ3v) is 5.37. The molecular weight excluding hydrogens is 424 g/mol. The van der Waals surface area contributed by atoms with E-state index in [9.17, 15) is 9.59 Å². The molecule has 1 aromatic carbocycles. The van der Waals surface area contributed by atoms with Crippen LogP contribution < -0.4 is 10.2 Å². The molecule has 30 heavy (non-hydrogen) atoms. The van der Waals surface area contributed by atoms with E-state index < -0.39 is 0 Å². The SMILES string of the molecule is CN(C)CCCN(C(=O)c1ccco1)c1nc(CC(=O)Nc2ccc(Cl)cc2)cs1. The molecule has 0 aliphatic rings. The van der Waals surface area contributed by atoms with Crippen LogP contribution in [-0.2, 0) is 11.2 Å². The van der Waals surface area contributed by atoms with Crippen molar-refractivity contribution in [2.75, 3.05) is 37.4 Å². The molecule has 0 unspecified atom stereocenters. The molecule has 0 aliphatic carbocycles. The first kappa shape index (κ1) is 22.0. The Balaban J connectivity index is 1.68. The van der Waals surface area contributed by atoms with Gasteiger partial charge in [0.05, 0.1) is 18.4 Å². The maximum absolute atomic E-state index is 12.9. The van der Waals surface area contributed by atoms with Crippen molar-refractivity contribution < 1.29 is 14.0 Å². The number of hydrogen-bond donors (Lipinski definition) is 1. The quantitative estimate of drug-likeness (QED) is 0.533. The van der Waals surface area contributed by atoms with Gasteiger partial charge in [-0.3, -0.25) is 14.5 Å². The third kappa shape index (κ3) is 6.16. The summed E-state index contributed by atoms with van der Waals surface area (Å²) in [5.41, 5.74) is 1.27. The molecule has 2 heterocycles. The summed E-state index contributed by atoms with van der Waals surface area (Å²) in [5, 5.41) is 5.76. The van der Waals surface area contributed by atoms with Crippen molar-refractivity contribution in [3.63, 3.8) is 0 Å². The summed E-state index contributed by atoms with van der Waals surface area (Å²) in [6.07, 6.45) is 2.37. The van der Waals surface area contributed by atoms with E-state index in [2.05, 4.69) is 15.2 Å². The Morgan fingerprint density at radius 1 is 1.17 bits per heavy atom. The largest absolute Gasteiger partial charge is 0.459 e. The lowest BCUT2D eigenvalue weighted by atomic mass is 10.3. The van der Waals surface area contributed by atoms with Crippen molar-refractivity contribution in [2.45, 2.75) is 12.8 Å². The van der Waals surface area contributed by atoms with Crippen LogP contribution in [0.5, 0.6) is 0 Å². The van der Waals surface area contributed by atoms with E-state index in [1.165, 1.54) is 17.6 Å². The molecule has 9 heteroatoms. The van der Waals surface area contributed by atoms with Gasteiger partial charge in [0.15, 0.2) is 10.9 Å². The lowest BCUT2D eigenvalue weighted by molar-refractivity contribution is -0.115. The number of thiazole rings is 1. The molecule has 2 aromatic heterocycles. The predicted molar refractivity (Wildman–Crippen MR) is 119 cm³/mol. The Hall–Kier alpha value is -2.68. The Labute approximate surface area is 184 Å². The lowest BCUT2D eigenvalue weighted by Crippen LogP contribution is -2.33. The second-order valence-corrected chi connectivity index (χ2v) is 8.22. The molecule has 3 rings (SSSR count). The van der Waals surface area contributed by atoms with E-state index in [4.69, 9.17) is 16.0 Å². The number of nitrogens with one attached hydrogen (secondary N) is 1. The number of amides is 2. The van der Waals surface area contributed by atoms with E-state index in [0.29, 0.717) is 28.1 Å². The Morgan fingerprint density at radius 2 is 1.93 bits per heavy atom. The molecule has 7 nitrogen and oxygen atoms in total. The fourth-order valence-corrected chi connectivity index (χ4v) is 3.74. The van der Waals surface area contributed by atoms with Crippen LogP contribution in [0, 0.1) is 0 Å². The van der Waals surface area contributed by atoms with E-state index in [0.717, 1.165) is 13.0 Å². The van der Waals surface area contributed by atoms with Crippen LogP contribution >= 0.6 is 22.9 Å². The van der Waals surface area contributed by atoms with Gasteiger partial charge in [-0.25, -0.2) is 4.98 Å². The summed E-state index contributed by atoms with van der Waals surface area (Å²) in [5.74, 6) is -0.173. The van der Waals surface area contributed by atoms with Crippen LogP contribution in [0.4, 0.5) is 10.8 Å². The number of anilines is 2. The van der Waals surface area contributed by atoms with Crippen LogP contribution in [0.15, 0.2) is 52.5 Å². The molecular formula is C21H23ClN4O3S. The molecule has 1 N–H and O–H groups in total. The maximum Gasteiger partial charge on any atom is 0.295 e. The van der Waals surface area contributed by atoms with Crippen molar-refractivity contribution in [2.24, 2.45) is 0 Å². The number of carbonyl (C=O) groups is 2. The molecule has 0 aliphatic heterocycles. The number of aromatic nitrogens is 1. The van der Waals surface area contributed by atoms with Crippen LogP contribution in [0.1, 0.15) is 22.7 Å². The highest BCUT2D eigenvalue weighted by molar-refractivity contribution is 7.14. The number of nitrogens with zero attached hydrogens (tertiary/aromatic N) is 3. The summed E-state index contributed by atoms with van der Waals surface area (Å²) in [4.78, 5) is 33.4. The number of rotatable bonds is 9. The van der Waals surface area contributed by atoms with Crippen molar-refractivity contribution in [1.82, 2.24) is 9.88 Å². The van der Waals surface area contributed by atoms with Gasteiger partial charge < -0.3 is 14.6 Å². The molecule has 3 aromatic rings. The first-order valence-corrected chi connectivity index (χ1v) is 10.7. The minimum absolute atomic E-state index is 0.111. The highest BCUT2D eigenvalue weighted by Crippen LogP contribution is 2.24. The second kappa shape index (κ2) is 10.4. The monoisotopic (exact) mass is 446 g/mol. The molecule has 158 valence electrons. The fraction of sp³-hybridized carbons (Fsp3) is 0.286. The normalized spacial score (nSPS) is 10.9. The van der Waals surface area contributed by atoms with E-state index >= 15 is 0 Å². The molecule has 0 spiro atoms. The molecule has 0 saturated heterocycles. The van der Waals surface area contributed by atoms with Crippen LogP contribution in [0.2, 0.25) is 5.02 Å². The highest BCUT2D eigenvalue weighted by atomic mass is 35.5. The molecule has 0 radical (unpaired) electrons. The first-order valence-electron chi connectivity index (χ1n) is 9.42. The second-order valence-electron chi connectivity index (χ2n) is 6.94. The number of carbonyl (C=O) groups excluding carboxylic acids is 2. The van der Waals surface area contributed by atoms with E-state index in [1.54, 1.807) is 46.7 Å². The van der Waals surface area contributed by atoms with Crippen LogP contribution in [0.25, 0.3) is 0 Å². The van der Waals surface area contributed by atoms with Gasteiger partial charge in [-0.1, -0.05) is 11.6 Å². The Kier molecular flexibility index (Phi) is 7.62. The molecule has 0 fully saturated rings. The van der Waals surface area contributed by atoms with Crippen LogP contribution in [-0.4, -0.2) is 48.9 Å². The number of furan rings is 1. The van der Waals surface area contributed by atoms with Gasteiger partial charge >= 0.3 is 0 Å². The molecule has 2 amide bonds. The first-order chi connectivity index (χ1) is 14.4. The summed E-state index contributed by atoms with van der Waals surface area (Å²) in [6.45, 7) is 1.34. The standard InChI is InChI=1S/C21H23ClN4O3S/c1-25(2)10-4-11-26(20(28)18-5-3-12-29-18)21-24-17(14-30-21)13-19(27)23-16-8-6-15(22)7-9-16/h3,5-9,12,14H,4,10-11,13H2,1-2H3,(H,23,27). The van der Waals surface area contributed by atoms with Crippen molar-refractivity contribution in [3.8, 4) is 0 Å². The van der Waals surface area contributed by atoms with Gasteiger partial charge in [-0.2, -0.15) is 0 Å². The summed E-state index contributed by atoms with van der Waals surface area (Å²) in [7, 11) is 3.97.